The number of carbonyl (C=O) groups excluding carboxylic acids is 1. The highest BCUT2D eigenvalue weighted by molar-refractivity contribution is 6.30. The Hall–Kier alpha value is -1.14. The Morgan fingerprint density at radius 3 is 3.09 bits per heavy atom. The summed E-state index contributed by atoms with van der Waals surface area (Å²) in [7, 11) is 0. The van der Waals surface area contributed by atoms with E-state index in [2.05, 4.69) is 22.2 Å². The Bertz CT molecular complexity index is 594. The normalized spacial score (nSPS) is 30.8. The van der Waals surface area contributed by atoms with Gasteiger partial charge in [-0.1, -0.05) is 17.7 Å². The third-order valence-corrected chi connectivity index (χ3v) is 5.37. The van der Waals surface area contributed by atoms with Crippen molar-refractivity contribution in [1.82, 2.24) is 21.1 Å². The van der Waals surface area contributed by atoms with Crippen molar-refractivity contribution in [2.45, 2.75) is 31.5 Å². The van der Waals surface area contributed by atoms with Crippen molar-refractivity contribution in [3.05, 3.63) is 34.3 Å². The van der Waals surface area contributed by atoms with Crippen LogP contribution in [-0.2, 0) is 17.8 Å². The first-order valence-corrected chi connectivity index (χ1v) is 8.38. The average Bonchev–Trinajstić information content (AvgIpc) is 2.97. The second kappa shape index (κ2) is 5.81. The molecule has 5 nitrogen and oxygen atoms in total. The van der Waals surface area contributed by atoms with Crippen molar-refractivity contribution in [1.29, 1.82) is 0 Å². The van der Waals surface area contributed by atoms with E-state index in [4.69, 9.17) is 11.6 Å². The number of fused-ring (bicyclic) bond motifs is 2. The predicted octanol–water partition coefficient (Wildman–Crippen LogP) is 0.679. The van der Waals surface area contributed by atoms with Gasteiger partial charge < -0.3 is 10.2 Å². The van der Waals surface area contributed by atoms with Gasteiger partial charge in [0.15, 0.2) is 0 Å². The summed E-state index contributed by atoms with van der Waals surface area (Å²) < 4.78 is 0. The number of halogens is 1. The smallest absolute Gasteiger partial charge is 0.241 e. The minimum Gasteiger partial charge on any atom is -0.337 e. The van der Waals surface area contributed by atoms with Crippen molar-refractivity contribution in [2.24, 2.45) is 5.92 Å². The second-order valence-corrected chi connectivity index (χ2v) is 6.89. The van der Waals surface area contributed by atoms with Crippen LogP contribution in [0, 0.1) is 5.92 Å². The summed E-state index contributed by atoms with van der Waals surface area (Å²) in [6, 6.07) is 6.27. The molecule has 3 unspecified atom stereocenters. The maximum absolute atomic E-state index is 12.9. The zero-order valence-electron chi connectivity index (χ0n) is 12.4. The van der Waals surface area contributed by atoms with E-state index in [1.54, 1.807) is 0 Å². The highest BCUT2D eigenvalue weighted by Crippen LogP contribution is 2.26. The van der Waals surface area contributed by atoms with E-state index in [1.807, 2.05) is 17.0 Å². The fourth-order valence-electron chi connectivity index (χ4n) is 3.87. The molecule has 3 N–H and O–H groups in total. The molecule has 118 valence electrons. The number of hydrogen-bond donors (Lipinski definition) is 3. The van der Waals surface area contributed by atoms with Gasteiger partial charge in [-0.15, -0.1) is 0 Å². The van der Waals surface area contributed by atoms with Gasteiger partial charge in [0.05, 0.1) is 0 Å². The fraction of sp³-hybridized carbons (Fsp3) is 0.562. The summed E-state index contributed by atoms with van der Waals surface area (Å²) in [5.74, 6) is 0.538. The van der Waals surface area contributed by atoms with Gasteiger partial charge in [0.2, 0.25) is 5.91 Å². The number of amides is 1. The SMILES string of the molecule is O=C(C1NNC2CCNCC21)N1CCc2ccc(Cl)cc2C1. The summed E-state index contributed by atoms with van der Waals surface area (Å²) in [5, 5.41) is 4.14. The zero-order chi connectivity index (χ0) is 15.1. The van der Waals surface area contributed by atoms with Gasteiger partial charge in [0.1, 0.15) is 6.04 Å². The molecule has 6 heteroatoms. The minimum atomic E-state index is -0.126. The summed E-state index contributed by atoms with van der Waals surface area (Å²) in [5.41, 5.74) is 9.01. The van der Waals surface area contributed by atoms with Crippen molar-refractivity contribution < 1.29 is 4.79 Å². The molecule has 2 saturated heterocycles. The van der Waals surface area contributed by atoms with Crippen LogP contribution in [0.5, 0.6) is 0 Å². The van der Waals surface area contributed by atoms with Crippen LogP contribution < -0.4 is 16.2 Å². The molecular formula is C16H21ClN4O. The molecule has 1 aromatic rings. The Balaban J connectivity index is 1.49. The van der Waals surface area contributed by atoms with Crippen molar-refractivity contribution in [3.8, 4) is 0 Å². The first-order valence-electron chi connectivity index (χ1n) is 8.00. The predicted molar refractivity (Wildman–Crippen MR) is 85.4 cm³/mol. The molecule has 0 saturated carbocycles. The van der Waals surface area contributed by atoms with E-state index in [9.17, 15) is 4.79 Å². The van der Waals surface area contributed by atoms with Gasteiger partial charge in [-0.2, -0.15) is 0 Å². The van der Waals surface area contributed by atoms with Crippen molar-refractivity contribution in [3.63, 3.8) is 0 Å². The highest BCUT2D eigenvalue weighted by Gasteiger charge is 2.42. The van der Waals surface area contributed by atoms with E-state index < -0.39 is 0 Å². The Morgan fingerprint density at radius 2 is 2.18 bits per heavy atom. The molecule has 0 aliphatic carbocycles. The summed E-state index contributed by atoms with van der Waals surface area (Å²) >= 11 is 6.09. The van der Waals surface area contributed by atoms with Crippen LogP contribution in [0.3, 0.4) is 0 Å². The summed E-state index contributed by atoms with van der Waals surface area (Å²) in [6.45, 7) is 3.37. The molecule has 3 aliphatic rings. The third kappa shape index (κ3) is 2.52. The van der Waals surface area contributed by atoms with Crippen LogP contribution in [0.15, 0.2) is 18.2 Å². The molecular weight excluding hydrogens is 300 g/mol. The van der Waals surface area contributed by atoms with E-state index >= 15 is 0 Å². The number of piperidine rings is 1. The monoisotopic (exact) mass is 320 g/mol. The van der Waals surface area contributed by atoms with E-state index in [0.29, 0.717) is 18.5 Å². The molecule has 22 heavy (non-hydrogen) atoms. The van der Waals surface area contributed by atoms with E-state index in [-0.39, 0.29) is 11.9 Å². The summed E-state index contributed by atoms with van der Waals surface area (Å²) in [6.07, 6.45) is 1.98. The van der Waals surface area contributed by atoms with Crippen LogP contribution in [0.25, 0.3) is 0 Å². The van der Waals surface area contributed by atoms with E-state index in [0.717, 1.165) is 37.5 Å². The van der Waals surface area contributed by atoms with Gasteiger partial charge in [-0.3, -0.25) is 10.2 Å². The molecule has 4 rings (SSSR count). The number of hydrogen-bond acceptors (Lipinski definition) is 4. The molecule has 3 heterocycles. The third-order valence-electron chi connectivity index (χ3n) is 5.14. The van der Waals surface area contributed by atoms with Crippen molar-refractivity contribution in [2.75, 3.05) is 19.6 Å². The number of carbonyl (C=O) groups is 1. The van der Waals surface area contributed by atoms with Crippen molar-refractivity contribution >= 4 is 17.5 Å². The first-order chi connectivity index (χ1) is 10.7. The molecule has 1 aromatic carbocycles. The number of hydrazine groups is 1. The van der Waals surface area contributed by atoms with E-state index in [1.165, 1.54) is 11.1 Å². The zero-order valence-corrected chi connectivity index (χ0v) is 13.2. The topological polar surface area (TPSA) is 56.4 Å². The molecule has 0 aromatic heterocycles. The molecule has 0 spiro atoms. The highest BCUT2D eigenvalue weighted by atomic mass is 35.5. The van der Waals surface area contributed by atoms with Gasteiger partial charge in [-0.25, -0.2) is 5.43 Å². The molecule has 0 radical (unpaired) electrons. The number of rotatable bonds is 1. The Morgan fingerprint density at radius 1 is 1.27 bits per heavy atom. The van der Waals surface area contributed by atoms with Gasteiger partial charge in [-0.05, 0) is 42.6 Å². The van der Waals surface area contributed by atoms with Crippen LogP contribution in [-0.4, -0.2) is 42.5 Å². The molecule has 0 bridgehead atoms. The lowest BCUT2D eigenvalue weighted by atomic mass is 9.88. The van der Waals surface area contributed by atoms with Gasteiger partial charge in [0, 0.05) is 36.6 Å². The Kier molecular flexibility index (Phi) is 3.82. The minimum absolute atomic E-state index is 0.126. The first kappa shape index (κ1) is 14.5. The second-order valence-electron chi connectivity index (χ2n) is 6.45. The quantitative estimate of drug-likeness (QED) is 0.712. The standard InChI is InChI=1S/C16H21ClN4O/c17-12-2-1-10-4-6-21(9-11(10)7-12)16(22)15-13-8-18-5-3-14(13)19-20-15/h1-2,7,13-15,18-20H,3-6,8-9H2. The molecule has 3 atom stereocenters. The average molecular weight is 321 g/mol. The molecule has 1 amide bonds. The Labute approximate surface area is 135 Å². The van der Waals surface area contributed by atoms with Crippen LogP contribution in [0.4, 0.5) is 0 Å². The lowest BCUT2D eigenvalue weighted by Gasteiger charge is -2.33. The van der Waals surface area contributed by atoms with Gasteiger partial charge >= 0.3 is 0 Å². The summed E-state index contributed by atoms with van der Waals surface area (Å²) in [4.78, 5) is 14.9. The number of benzene rings is 1. The maximum Gasteiger partial charge on any atom is 0.241 e. The van der Waals surface area contributed by atoms with Crippen LogP contribution in [0.1, 0.15) is 17.5 Å². The van der Waals surface area contributed by atoms with Gasteiger partial charge in [0.25, 0.3) is 0 Å². The number of nitrogens with one attached hydrogen (secondary N) is 3. The lowest BCUT2D eigenvalue weighted by molar-refractivity contribution is -0.135. The van der Waals surface area contributed by atoms with Crippen LogP contribution in [0.2, 0.25) is 5.02 Å². The molecule has 2 fully saturated rings. The van der Waals surface area contributed by atoms with Crippen LogP contribution >= 0.6 is 11.6 Å². The maximum atomic E-state index is 12.9. The number of nitrogens with zero attached hydrogens (tertiary/aromatic N) is 1. The fourth-order valence-corrected chi connectivity index (χ4v) is 4.07. The largest absolute Gasteiger partial charge is 0.337 e. The molecule has 3 aliphatic heterocycles. The lowest BCUT2D eigenvalue weighted by Crippen LogP contribution is -2.51.